The van der Waals surface area contributed by atoms with E-state index >= 15 is 0 Å². The van der Waals surface area contributed by atoms with Gasteiger partial charge in [0.2, 0.25) is 0 Å². The summed E-state index contributed by atoms with van der Waals surface area (Å²) in [5.41, 5.74) is 5.46. The number of hydrogen-bond donors (Lipinski definition) is 2. The van der Waals surface area contributed by atoms with Crippen LogP contribution in [-0.2, 0) is 13.2 Å². The van der Waals surface area contributed by atoms with E-state index in [1.54, 1.807) is 10.9 Å². The maximum absolute atomic E-state index is 5.76. The summed E-state index contributed by atoms with van der Waals surface area (Å²) in [5, 5.41) is 11.2. The van der Waals surface area contributed by atoms with Crippen molar-refractivity contribution in [1.82, 2.24) is 9.78 Å². The van der Waals surface area contributed by atoms with Crippen molar-refractivity contribution in [2.24, 2.45) is 0 Å². The van der Waals surface area contributed by atoms with E-state index in [4.69, 9.17) is 17.0 Å². The number of thiocarbonyl (C=S) groups is 1. The van der Waals surface area contributed by atoms with E-state index in [9.17, 15) is 0 Å². The van der Waals surface area contributed by atoms with E-state index in [1.807, 2.05) is 24.4 Å². The van der Waals surface area contributed by atoms with Gasteiger partial charge in [-0.15, -0.1) is 0 Å². The van der Waals surface area contributed by atoms with Crippen LogP contribution in [0.5, 0.6) is 5.75 Å². The van der Waals surface area contributed by atoms with Gasteiger partial charge in [-0.3, -0.25) is 0 Å². The Morgan fingerprint density at radius 3 is 2.59 bits per heavy atom. The molecule has 0 saturated heterocycles. The van der Waals surface area contributed by atoms with Crippen molar-refractivity contribution in [3.63, 3.8) is 0 Å². The van der Waals surface area contributed by atoms with Gasteiger partial charge in [0.1, 0.15) is 5.75 Å². The molecule has 0 aliphatic rings. The number of nitrogens with one attached hydrogen (secondary N) is 2. The van der Waals surface area contributed by atoms with Crippen molar-refractivity contribution in [3.8, 4) is 5.75 Å². The highest BCUT2D eigenvalue weighted by atomic mass is 32.1. The molecule has 0 bridgehead atoms. The highest BCUT2D eigenvalue weighted by Gasteiger charge is 2.05. The van der Waals surface area contributed by atoms with E-state index in [1.165, 1.54) is 11.1 Å². The fourth-order valence-electron chi connectivity index (χ4n) is 2.70. The fraction of sp³-hybridized carbons (Fsp3) is 0.238. The summed E-state index contributed by atoms with van der Waals surface area (Å²) in [6, 6.07) is 14.3. The first kappa shape index (κ1) is 18.9. The van der Waals surface area contributed by atoms with Gasteiger partial charge < -0.3 is 15.4 Å². The molecule has 2 N–H and O–H groups in total. The molecule has 3 aromatic rings. The van der Waals surface area contributed by atoms with Crippen LogP contribution in [-0.4, -0.2) is 14.9 Å². The Morgan fingerprint density at radius 2 is 1.89 bits per heavy atom. The van der Waals surface area contributed by atoms with Gasteiger partial charge in [0, 0.05) is 5.69 Å². The summed E-state index contributed by atoms with van der Waals surface area (Å²) in [7, 11) is 0. The third-order valence-corrected chi connectivity index (χ3v) is 4.42. The van der Waals surface area contributed by atoms with Gasteiger partial charge in [0.15, 0.2) is 11.8 Å². The number of benzene rings is 2. The molecule has 27 heavy (non-hydrogen) atoms. The third-order valence-electron chi connectivity index (χ3n) is 4.22. The number of aryl methyl sites for hydroxylation is 3. The smallest absolute Gasteiger partial charge is 0.180 e. The molecule has 0 atom stereocenters. The molecule has 0 fully saturated rings. The van der Waals surface area contributed by atoms with Crippen molar-refractivity contribution >= 4 is 28.7 Å². The lowest BCUT2D eigenvalue weighted by Crippen LogP contribution is -2.19. The van der Waals surface area contributed by atoms with Gasteiger partial charge in [0.25, 0.3) is 0 Å². The molecule has 1 heterocycles. The van der Waals surface area contributed by atoms with Gasteiger partial charge >= 0.3 is 0 Å². The second kappa shape index (κ2) is 8.68. The van der Waals surface area contributed by atoms with Gasteiger partial charge in [-0.05, 0) is 61.8 Å². The van der Waals surface area contributed by atoms with Crippen molar-refractivity contribution in [2.45, 2.75) is 33.9 Å². The van der Waals surface area contributed by atoms with Crippen molar-refractivity contribution in [3.05, 3.63) is 71.5 Å². The van der Waals surface area contributed by atoms with Crippen LogP contribution in [0.4, 0.5) is 11.4 Å². The minimum absolute atomic E-state index is 0.338. The quantitative estimate of drug-likeness (QED) is 0.595. The number of anilines is 2. The maximum atomic E-state index is 5.76. The van der Waals surface area contributed by atoms with E-state index in [0.29, 0.717) is 11.8 Å². The molecule has 0 spiro atoms. The topological polar surface area (TPSA) is 51.1 Å². The van der Waals surface area contributed by atoms with Crippen LogP contribution in [0.15, 0.2) is 54.9 Å². The third kappa shape index (κ3) is 5.31. The zero-order valence-electron chi connectivity index (χ0n) is 15.8. The summed E-state index contributed by atoms with van der Waals surface area (Å²) >= 11 is 5.39. The lowest BCUT2D eigenvalue weighted by molar-refractivity contribution is 0.221. The van der Waals surface area contributed by atoms with Crippen LogP contribution in [0.1, 0.15) is 23.6 Å². The normalized spacial score (nSPS) is 10.5. The van der Waals surface area contributed by atoms with Crippen LogP contribution >= 0.6 is 12.2 Å². The Kier molecular flexibility index (Phi) is 6.08. The minimum atomic E-state index is 0.338. The first-order chi connectivity index (χ1) is 13.0. The molecular weight excluding hydrogens is 356 g/mol. The molecular formula is C21H24N4OS. The Bertz CT molecular complexity index is 918. The van der Waals surface area contributed by atoms with Crippen LogP contribution < -0.4 is 15.4 Å². The molecule has 5 nitrogen and oxygen atoms in total. The molecule has 0 amide bonds. The van der Waals surface area contributed by atoms with Crippen LogP contribution in [0.25, 0.3) is 0 Å². The summed E-state index contributed by atoms with van der Waals surface area (Å²) in [4.78, 5) is 0. The summed E-state index contributed by atoms with van der Waals surface area (Å²) in [6.45, 7) is 6.60. The summed E-state index contributed by atoms with van der Waals surface area (Å²) < 4.78 is 7.47. The largest absolute Gasteiger partial charge is 0.471 e. The molecule has 0 unspecified atom stereocenters. The predicted molar refractivity (Wildman–Crippen MR) is 114 cm³/mol. The monoisotopic (exact) mass is 380 g/mol. The molecule has 140 valence electrons. The SMILES string of the molecule is CCc1ccc(OCn2cc(NC(=S)Nc3ccc(C)cc3C)cn2)cc1. The predicted octanol–water partition coefficient (Wildman–Crippen LogP) is 4.91. The molecule has 3 rings (SSSR count). The molecule has 0 aliphatic heterocycles. The zero-order valence-corrected chi connectivity index (χ0v) is 16.6. The van der Waals surface area contributed by atoms with E-state index in [0.717, 1.165) is 29.1 Å². The minimum Gasteiger partial charge on any atom is -0.471 e. The molecule has 0 aliphatic carbocycles. The van der Waals surface area contributed by atoms with E-state index in [2.05, 4.69) is 60.8 Å². The number of rotatable bonds is 6. The van der Waals surface area contributed by atoms with E-state index < -0.39 is 0 Å². The van der Waals surface area contributed by atoms with Crippen LogP contribution in [0, 0.1) is 13.8 Å². The lowest BCUT2D eigenvalue weighted by Gasteiger charge is -2.12. The Hall–Kier alpha value is -2.86. The van der Waals surface area contributed by atoms with Crippen molar-refractivity contribution in [2.75, 3.05) is 10.6 Å². The van der Waals surface area contributed by atoms with Gasteiger partial charge in [-0.1, -0.05) is 36.8 Å². The first-order valence-electron chi connectivity index (χ1n) is 8.93. The molecule has 1 aromatic heterocycles. The second-order valence-corrected chi connectivity index (χ2v) is 6.85. The molecule has 6 heteroatoms. The lowest BCUT2D eigenvalue weighted by atomic mass is 10.1. The van der Waals surface area contributed by atoms with Gasteiger partial charge in [-0.25, -0.2) is 4.68 Å². The average molecular weight is 381 g/mol. The fourth-order valence-corrected chi connectivity index (χ4v) is 2.93. The maximum Gasteiger partial charge on any atom is 0.180 e. The highest BCUT2D eigenvalue weighted by Crippen LogP contribution is 2.17. The van der Waals surface area contributed by atoms with E-state index in [-0.39, 0.29) is 0 Å². The van der Waals surface area contributed by atoms with Crippen LogP contribution in [0.3, 0.4) is 0 Å². The Balaban J connectivity index is 1.53. The molecule has 2 aromatic carbocycles. The highest BCUT2D eigenvalue weighted by molar-refractivity contribution is 7.80. The van der Waals surface area contributed by atoms with Crippen molar-refractivity contribution < 1.29 is 4.74 Å². The summed E-state index contributed by atoms with van der Waals surface area (Å²) in [5.74, 6) is 0.823. The molecule has 0 saturated carbocycles. The number of nitrogens with zero attached hydrogens (tertiary/aromatic N) is 2. The number of aromatic nitrogens is 2. The number of ether oxygens (including phenoxy) is 1. The van der Waals surface area contributed by atoms with Crippen LogP contribution in [0.2, 0.25) is 0 Å². The number of hydrogen-bond acceptors (Lipinski definition) is 3. The zero-order chi connectivity index (χ0) is 19.2. The molecule has 0 radical (unpaired) electrons. The Labute approximate surface area is 165 Å². The summed E-state index contributed by atoms with van der Waals surface area (Å²) in [6.07, 6.45) is 4.60. The second-order valence-electron chi connectivity index (χ2n) is 6.44. The average Bonchev–Trinajstić information content (AvgIpc) is 3.10. The van der Waals surface area contributed by atoms with Gasteiger partial charge in [-0.2, -0.15) is 5.10 Å². The van der Waals surface area contributed by atoms with Crippen molar-refractivity contribution in [1.29, 1.82) is 0 Å². The standard InChI is InChI=1S/C21H24N4OS/c1-4-17-6-8-19(9-7-17)26-14-25-13-18(12-22-25)23-21(27)24-20-10-5-15(2)11-16(20)3/h5-13H,4,14H2,1-3H3,(H2,23,24,27). The van der Waals surface area contributed by atoms with Gasteiger partial charge in [0.05, 0.1) is 18.1 Å². The first-order valence-corrected chi connectivity index (χ1v) is 9.34. The Morgan fingerprint density at radius 1 is 1.11 bits per heavy atom.